The summed E-state index contributed by atoms with van der Waals surface area (Å²) in [6.07, 6.45) is 5.73. The van der Waals surface area contributed by atoms with Gasteiger partial charge in [-0.1, -0.05) is 20.8 Å². The number of rotatable bonds is 5. The lowest BCUT2D eigenvalue weighted by Crippen LogP contribution is -2.42. The molecule has 2 atom stereocenters. The summed E-state index contributed by atoms with van der Waals surface area (Å²) in [5, 5.41) is 9.68. The molecule has 0 spiro atoms. The average Bonchev–Trinajstić information content (AvgIpc) is 2.77. The van der Waals surface area contributed by atoms with Gasteiger partial charge >= 0.3 is 5.97 Å². The van der Waals surface area contributed by atoms with E-state index >= 15 is 0 Å². The van der Waals surface area contributed by atoms with Crippen molar-refractivity contribution < 1.29 is 9.90 Å². The van der Waals surface area contributed by atoms with Crippen LogP contribution in [0.1, 0.15) is 52.9 Å². The van der Waals surface area contributed by atoms with Crippen LogP contribution in [0, 0.1) is 11.3 Å². The van der Waals surface area contributed by atoms with E-state index in [0.717, 1.165) is 19.5 Å². The number of hydrogen-bond donors (Lipinski definition) is 1. The third-order valence-electron chi connectivity index (χ3n) is 5.71. The molecule has 122 valence electrons. The summed E-state index contributed by atoms with van der Waals surface area (Å²) in [6, 6.07) is 0.590. The third kappa shape index (κ3) is 3.59. The topological polar surface area (TPSA) is 43.8 Å². The monoisotopic (exact) mass is 296 g/mol. The smallest absolute Gasteiger partial charge is 0.311 e. The van der Waals surface area contributed by atoms with Gasteiger partial charge < -0.3 is 10.0 Å². The van der Waals surface area contributed by atoms with Crippen molar-refractivity contribution in [3.8, 4) is 0 Å². The molecule has 2 aliphatic heterocycles. The van der Waals surface area contributed by atoms with Gasteiger partial charge in [-0.3, -0.25) is 9.69 Å². The highest BCUT2D eigenvalue weighted by atomic mass is 16.4. The second-order valence-electron chi connectivity index (χ2n) is 7.26. The normalized spacial score (nSPS) is 32.5. The van der Waals surface area contributed by atoms with Crippen LogP contribution in [-0.4, -0.2) is 59.6 Å². The number of likely N-dealkylation sites (tertiary alicyclic amines) is 2. The van der Waals surface area contributed by atoms with Gasteiger partial charge in [0.2, 0.25) is 0 Å². The van der Waals surface area contributed by atoms with Gasteiger partial charge in [0.25, 0.3) is 0 Å². The molecule has 2 aliphatic rings. The van der Waals surface area contributed by atoms with Crippen molar-refractivity contribution in [1.82, 2.24) is 9.80 Å². The van der Waals surface area contributed by atoms with Crippen LogP contribution in [0.5, 0.6) is 0 Å². The Hall–Kier alpha value is -0.610. The van der Waals surface area contributed by atoms with Gasteiger partial charge in [0.1, 0.15) is 0 Å². The molecule has 0 saturated carbocycles. The summed E-state index contributed by atoms with van der Waals surface area (Å²) in [6.45, 7) is 11.7. The van der Waals surface area contributed by atoms with E-state index in [1.165, 1.54) is 45.3 Å². The largest absolute Gasteiger partial charge is 0.481 e. The molecule has 0 amide bonds. The molecule has 0 aromatic heterocycles. The molecule has 4 nitrogen and oxygen atoms in total. The van der Waals surface area contributed by atoms with E-state index in [4.69, 9.17) is 0 Å². The lowest BCUT2D eigenvalue weighted by Gasteiger charge is -2.32. The van der Waals surface area contributed by atoms with Crippen LogP contribution in [0.3, 0.4) is 0 Å². The first-order chi connectivity index (χ1) is 9.99. The molecule has 2 unspecified atom stereocenters. The third-order valence-corrected chi connectivity index (χ3v) is 5.71. The fourth-order valence-corrected chi connectivity index (χ4v) is 4.11. The van der Waals surface area contributed by atoms with Gasteiger partial charge in [-0.25, -0.2) is 0 Å². The second-order valence-corrected chi connectivity index (χ2v) is 7.26. The van der Waals surface area contributed by atoms with Crippen molar-refractivity contribution in [3.63, 3.8) is 0 Å². The minimum atomic E-state index is -0.596. The zero-order chi connectivity index (χ0) is 15.5. The fourth-order valence-electron chi connectivity index (χ4n) is 4.11. The molecule has 0 radical (unpaired) electrons. The molecule has 0 aromatic carbocycles. The summed E-state index contributed by atoms with van der Waals surface area (Å²) in [5.74, 6) is -0.386. The Morgan fingerprint density at radius 2 is 2.05 bits per heavy atom. The molecule has 2 rings (SSSR count). The quantitative estimate of drug-likeness (QED) is 0.847. The van der Waals surface area contributed by atoms with E-state index in [1.807, 2.05) is 0 Å². The first-order valence-electron chi connectivity index (χ1n) is 8.69. The minimum absolute atomic E-state index is 0.211. The molecule has 4 heteroatoms. The van der Waals surface area contributed by atoms with Crippen molar-refractivity contribution in [2.45, 2.75) is 58.9 Å². The summed E-state index contributed by atoms with van der Waals surface area (Å²) in [4.78, 5) is 16.8. The summed E-state index contributed by atoms with van der Waals surface area (Å²) >= 11 is 0. The Balaban J connectivity index is 1.96. The number of hydrogen-bond acceptors (Lipinski definition) is 3. The minimum Gasteiger partial charge on any atom is -0.481 e. The number of carboxylic acids is 1. The highest BCUT2D eigenvalue weighted by molar-refractivity contribution is 5.75. The number of carboxylic acid groups (broad SMARTS) is 1. The maximum Gasteiger partial charge on any atom is 0.311 e. The van der Waals surface area contributed by atoms with Crippen LogP contribution in [-0.2, 0) is 4.79 Å². The van der Waals surface area contributed by atoms with Crippen molar-refractivity contribution in [3.05, 3.63) is 0 Å². The number of aliphatic carboxylic acids is 1. The van der Waals surface area contributed by atoms with E-state index in [0.29, 0.717) is 6.04 Å². The Labute approximate surface area is 129 Å². The second kappa shape index (κ2) is 7.10. The van der Waals surface area contributed by atoms with Gasteiger partial charge in [0, 0.05) is 12.6 Å². The van der Waals surface area contributed by atoms with Crippen LogP contribution < -0.4 is 0 Å². The number of carbonyl (C=O) groups is 1. The zero-order valence-corrected chi connectivity index (χ0v) is 14.0. The van der Waals surface area contributed by atoms with Crippen LogP contribution in [0.2, 0.25) is 0 Å². The summed E-state index contributed by atoms with van der Waals surface area (Å²) in [7, 11) is 0. The highest BCUT2D eigenvalue weighted by Crippen LogP contribution is 2.40. The lowest BCUT2D eigenvalue weighted by molar-refractivity contribution is -0.151. The molecule has 0 aliphatic carbocycles. The summed E-state index contributed by atoms with van der Waals surface area (Å²) < 4.78 is 0. The summed E-state index contributed by atoms with van der Waals surface area (Å²) in [5.41, 5.74) is -0.518. The van der Waals surface area contributed by atoms with E-state index in [9.17, 15) is 9.90 Å². The standard InChI is InChI=1S/C17H32N2O2/c1-4-9-18-10-5-6-15(7-11-18)19-12-8-17(13-19,14(2)3)16(20)21/h14-15H,4-13H2,1-3H3,(H,20,21). The van der Waals surface area contributed by atoms with Gasteiger partial charge in [-0.05, 0) is 64.2 Å². The van der Waals surface area contributed by atoms with Crippen molar-refractivity contribution in [2.24, 2.45) is 11.3 Å². The van der Waals surface area contributed by atoms with Gasteiger partial charge in [-0.2, -0.15) is 0 Å². The predicted molar refractivity (Wildman–Crippen MR) is 85.5 cm³/mol. The molecule has 0 aromatic rings. The van der Waals surface area contributed by atoms with Crippen LogP contribution in [0.25, 0.3) is 0 Å². The van der Waals surface area contributed by atoms with E-state index in [-0.39, 0.29) is 5.92 Å². The maximum absolute atomic E-state index is 11.8. The molecule has 2 saturated heterocycles. The molecular weight excluding hydrogens is 264 g/mol. The first kappa shape index (κ1) is 16.8. The number of nitrogens with zero attached hydrogens (tertiary/aromatic N) is 2. The Morgan fingerprint density at radius 1 is 1.29 bits per heavy atom. The van der Waals surface area contributed by atoms with Crippen molar-refractivity contribution >= 4 is 5.97 Å². The van der Waals surface area contributed by atoms with E-state index in [1.54, 1.807) is 0 Å². The fraction of sp³-hybridized carbons (Fsp3) is 0.941. The van der Waals surface area contributed by atoms with Crippen LogP contribution in [0.4, 0.5) is 0 Å². The van der Waals surface area contributed by atoms with Gasteiger partial charge in [0.05, 0.1) is 5.41 Å². The Morgan fingerprint density at radius 3 is 2.62 bits per heavy atom. The molecule has 2 heterocycles. The average molecular weight is 296 g/mol. The first-order valence-corrected chi connectivity index (χ1v) is 8.69. The van der Waals surface area contributed by atoms with Gasteiger partial charge in [-0.15, -0.1) is 0 Å². The van der Waals surface area contributed by atoms with Crippen LogP contribution in [0.15, 0.2) is 0 Å². The van der Waals surface area contributed by atoms with E-state index < -0.39 is 11.4 Å². The van der Waals surface area contributed by atoms with E-state index in [2.05, 4.69) is 30.6 Å². The highest BCUT2D eigenvalue weighted by Gasteiger charge is 2.48. The van der Waals surface area contributed by atoms with Gasteiger partial charge in [0.15, 0.2) is 0 Å². The Bertz CT molecular complexity index is 359. The lowest BCUT2D eigenvalue weighted by atomic mass is 9.76. The molecular formula is C17H32N2O2. The zero-order valence-electron chi connectivity index (χ0n) is 14.0. The maximum atomic E-state index is 11.8. The molecule has 2 fully saturated rings. The Kier molecular flexibility index (Phi) is 5.67. The van der Waals surface area contributed by atoms with Crippen molar-refractivity contribution in [1.29, 1.82) is 0 Å². The molecule has 0 bridgehead atoms. The van der Waals surface area contributed by atoms with Crippen LogP contribution >= 0.6 is 0 Å². The van der Waals surface area contributed by atoms with Crippen molar-refractivity contribution in [2.75, 3.05) is 32.7 Å². The SMILES string of the molecule is CCCN1CCCC(N2CCC(C(=O)O)(C(C)C)C2)CC1. The predicted octanol–water partition coefficient (Wildman–Crippen LogP) is 2.68. The molecule has 21 heavy (non-hydrogen) atoms. The molecule has 1 N–H and O–H groups in total.